The molecule has 1 heterocycles. The number of amides is 1. The lowest BCUT2D eigenvalue weighted by Gasteiger charge is -2.05. The predicted octanol–water partition coefficient (Wildman–Crippen LogP) is 0.00230. The largest absolute Gasteiger partial charge is 0.352 e. The van der Waals surface area contributed by atoms with Crippen LogP contribution in [0.15, 0.2) is 0 Å². The number of carbonyl (C=O) groups is 1. The molecule has 1 aliphatic rings. The van der Waals surface area contributed by atoms with Crippen molar-refractivity contribution in [3.63, 3.8) is 0 Å². The third-order valence-corrected chi connectivity index (χ3v) is 1.86. The van der Waals surface area contributed by atoms with Gasteiger partial charge >= 0.3 is 0 Å². The van der Waals surface area contributed by atoms with E-state index < -0.39 is 0 Å². The average Bonchev–Trinajstić information content (AvgIpc) is 2.14. The van der Waals surface area contributed by atoms with Crippen LogP contribution in [0.25, 0.3) is 0 Å². The minimum Gasteiger partial charge on any atom is -0.352 e. The summed E-state index contributed by atoms with van der Waals surface area (Å²) >= 11 is 0. The summed E-state index contributed by atoms with van der Waals surface area (Å²) < 4.78 is 0. The number of rotatable bonds is 2. The van der Waals surface area contributed by atoms with E-state index in [-0.39, 0.29) is 11.9 Å². The van der Waals surface area contributed by atoms with Crippen LogP contribution in [0.1, 0.15) is 26.2 Å². The molecule has 3 nitrogen and oxygen atoms in total. The molecule has 0 aromatic heterocycles. The summed E-state index contributed by atoms with van der Waals surface area (Å²) in [5.41, 5.74) is 5.49. The van der Waals surface area contributed by atoms with Gasteiger partial charge in [0, 0.05) is 6.04 Å². The van der Waals surface area contributed by atoms with Gasteiger partial charge in [-0.05, 0) is 12.8 Å². The van der Waals surface area contributed by atoms with Gasteiger partial charge in [-0.15, -0.1) is 0 Å². The second-order valence-corrected chi connectivity index (χ2v) is 2.84. The Bertz CT molecular complexity index is 136. The summed E-state index contributed by atoms with van der Waals surface area (Å²) in [6, 6.07) is 0.0871. The summed E-state index contributed by atoms with van der Waals surface area (Å²) in [6.45, 7) is 2.11. The topological polar surface area (TPSA) is 55.1 Å². The molecule has 10 heavy (non-hydrogen) atoms. The Morgan fingerprint density at radius 3 is 2.90 bits per heavy atom. The Morgan fingerprint density at radius 2 is 2.50 bits per heavy atom. The van der Waals surface area contributed by atoms with E-state index in [1.165, 1.54) is 0 Å². The SMILES string of the molecule is CCCC1C[C@H](N)C(=O)N1. The molecule has 1 rings (SSSR count). The molecule has 0 aromatic carbocycles. The van der Waals surface area contributed by atoms with Gasteiger partial charge in [-0.25, -0.2) is 0 Å². The summed E-state index contributed by atoms with van der Waals surface area (Å²) in [6.07, 6.45) is 2.98. The van der Waals surface area contributed by atoms with E-state index in [1.54, 1.807) is 0 Å². The number of nitrogens with one attached hydrogen (secondary N) is 1. The molecule has 0 aliphatic carbocycles. The number of carbonyl (C=O) groups excluding carboxylic acids is 1. The van der Waals surface area contributed by atoms with Gasteiger partial charge in [0.15, 0.2) is 0 Å². The van der Waals surface area contributed by atoms with Crippen molar-refractivity contribution >= 4 is 5.91 Å². The Kier molecular flexibility index (Phi) is 2.27. The van der Waals surface area contributed by atoms with E-state index in [1.807, 2.05) is 0 Å². The minimum atomic E-state index is -0.253. The Morgan fingerprint density at radius 1 is 1.80 bits per heavy atom. The first-order chi connectivity index (χ1) is 4.74. The number of nitrogens with two attached hydrogens (primary N) is 1. The van der Waals surface area contributed by atoms with E-state index in [0.717, 1.165) is 19.3 Å². The molecule has 0 saturated carbocycles. The highest BCUT2D eigenvalue weighted by Gasteiger charge is 2.27. The van der Waals surface area contributed by atoms with Crippen LogP contribution in [-0.2, 0) is 4.79 Å². The second kappa shape index (κ2) is 3.01. The van der Waals surface area contributed by atoms with Crippen molar-refractivity contribution < 1.29 is 4.79 Å². The molecular formula is C7H14N2O. The van der Waals surface area contributed by atoms with Gasteiger partial charge in [-0.1, -0.05) is 13.3 Å². The standard InChI is InChI=1S/C7H14N2O/c1-2-3-5-4-6(8)7(10)9-5/h5-6H,2-4,8H2,1H3,(H,9,10)/t5?,6-/m0/s1. The summed E-state index contributed by atoms with van der Waals surface area (Å²) in [4.78, 5) is 10.8. The Hall–Kier alpha value is -0.570. The van der Waals surface area contributed by atoms with Gasteiger partial charge in [0.05, 0.1) is 6.04 Å². The maximum Gasteiger partial charge on any atom is 0.237 e. The van der Waals surface area contributed by atoms with Crippen LogP contribution < -0.4 is 11.1 Å². The van der Waals surface area contributed by atoms with Gasteiger partial charge in [-0.3, -0.25) is 4.79 Å². The molecule has 1 aliphatic heterocycles. The lowest BCUT2D eigenvalue weighted by molar-refractivity contribution is -0.120. The predicted molar refractivity (Wildman–Crippen MR) is 39.4 cm³/mol. The average molecular weight is 142 g/mol. The van der Waals surface area contributed by atoms with Crippen molar-refractivity contribution in [3.05, 3.63) is 0 Å². The fourth-order valence-corrected chi connectivity index (χ4v) is 1.32. The highest BCUT2D eigenvalue weighted by molar-refractivity contribution is 5.84. The zero-order chi connectivity index (χ0) is 7.56. The van der Waals surface area contributed by atoms with Gasteiger partial charge in [0.2, 0.25) is 5.91 Å². The van der Waals surface area contributed by atoms with Gasteiger partial charge in [0.25, 0.3) is 0 Å². The first-order valence-electron chi connectivity index (χ1n) is 3.80. The van der Waals surface area contributed by atoms with E-state index >= 15 is 0 Å². The maximum atomic E-state index is 10.8. The van der Waals surface area contributed by atoms with Crippen LogP contribution in [0.3, 0.4) is 0 Å². The van der Waals surface area contributed by atoms with Crippen LogP contribution in [-0.4, -0.2) is 18.0 Å². The van der Waals surface area contributed by atoms with E-state index in [0.29, 0.717) is 6.04 Å². The molecule has 0 aromatic rings. The smallest absolute Gasteiger partial charge is 0.237 e. The van der Waals surface area contributed by atoms with E-state index in [2.05, 4.69) is 12.2 Å². The van der Waals surface area contributed by atoms with Gasteiger partial charge in [-0.2, -0.15) is 0 Å². The summed E-state index contributed by atoms with van der Waals surface area (Å²) in [7, 11) is 0. The van der Waals surface area contributed by atoms with Gasteiger partial charge < -0.3 is 11.1 Å². The van der Waals surface area contributed by atoms with E-state index in [4.69, 9.17) is 5.73 Å². The Balaban J connectivity index is 2.34. The van der Waals surface area contributed by atoms with Crippen LogP contribution in [0.5, 0.6) is 0 Å². The molecule has 1 unspecified atom stereocenters. The molecule has 58 valence electrons. The molecule has 2 atom stereocenters. The first-order valence-corrected chi connectivity index (χ1v) is 3.80. The highest BCUT2D eigenvalue weighted by atomic mass is 16.2. The van der Waals surface area contributed by atoms with Crippen molar-refractivity contribution in [2.45, 2.75) is 38.3 Å². The molecule has 0 spiro atoms. The lowest BCUT2D eigenvalue weighted by Crippen LogP contribution is -2.31. The normalized spacial score (nSPS) is 32.4. The van der Waals surface area contributed by atoms with Crippen LogP contribution >= 0.6 is 0 Å². The molecule has 3 heteroatoms. The maximum absolute atomic E-state index is 10.8. The number of hydrogen-bond acceptors (Lipinski definition) is 2. The summed E-state index contributed by atoms with van der Waals surface area (Å²) in [5, 5.41) is 2.84. The lowest BCUT2D eigenvalue weighted by atomic mass is 10.1. The fourth-order valence-electron chi connectivity index (χ4n) is 1.32. The molecule has 0 radical (unpaired) electrons. The quantitative estimate of drug-likeness (QED) is 0.570. The number of hydrogen-bond donors (Lipinski definition) is 2. The van der Waals surface area contributed by atoms with Gasteiger partial charge in [0.1, 0.15) is 0 Å². The summed E-state index contributed by atoms with van der Waals surface area (Å²) in [5.74, 6) is 0.0125. The molecular weight excluding hydrogens is 128 g/mol. The van der Waals surface area contributed by atoms with Crippen molar-refractivity contribution in [1.82, 2.24) is 5.32 Å². The third kappa shape index (κ3) is 1.48. The molecule has 1 fully saturated rings. The molecule has 3 N–H and O–H groups in total. The minimum absolute atomic E-state index is 0.0125. The van der Waals surface area contributed by atoms with Crippen LogP contribution in [0.4, 0.5) is 0 Å². The monoisotopic (exact) mass is 142 g/mol. The van der Waals surface area contributed by atoms with Crippen LogP contribution in [0, 0.1) is 0 Å². The fraction of sp³-hybridized carbons (Fsp3) is 0.857. The third-order valence-electron chi connectivity index (χ3n) is 1.86. The molecule has 0 bridgehead atoms. The van der Waals surface area contributed by atoms with Crippen LogP contribution in [0.2, 0.25) is 0 Å². The first kappa shape index (κ1) is 7.54. The van der Waals surface area contributed by atoms with Crippen molar-refractivity contribution in [1.29, 1.82) is 0 Å². The Labute approximate surface area is 61.0 Å². The van der Waals surface area contributed by atoms with E-state index in [9.17, 15) is 4.79 Å². The van der Waals surface area contributed by atoms with Crippen molar-refractivity contribution in [3.8, 4) is 0 Å². The zero-order valence-corrected chi connectivity index (χ0v) is 6.26. The molecule has 1 amide bonds. The van der Waals surface area contributed by atoms with Crippen molar-refractivity contribution in [2.24, 2.45) is 5.73 Å². The van der Waals surface area contributed by atoms with Crippen molar-refractivity contribution in [2.75, 3.05) is 0 Å². The second-order valence-electron chi connectivity index (χ2n) is 2.84. The highest BCUT2D eigenvalue weighted by Crippen LogP contribution is 2.10. The zero-order valence-electron chi connectivity index (χ0n) is 6.26. The molecule has 1 saturated heterocycles.